The van der Waals surface area contributed by atoms with Crippen LogP contribution in [0.3, 0.4) is 0 Å². The first kappa shape index (κ1) is 20.3. The summed E-state index contributed by atoms with van der Waals surface area (Å²) in [6.45, 7) is 2.61. The van der Waals surface area contributed by atoms with Gasteiger partial charge in [-0.25, -0.2) is 0 Å². The average molecular weight is 440 g/mol. The number of thioether (sulfide) groups is 1. The molecular weight excluding hydrogens is 422 g/mol. The van der Waals surface area contributed by atoms with E-state index in [2.05, 4.69) is 15.5 Å². The number of imide groups is 1. The number of amides is 2. The molecule has 2 N–H and O–H groups in total. The van der Waals surface area contributed by atoms with E-state index in [1.54, 1.807) is 12.3 Å². The fourth-order valence-corrected chi connectivity index (χ4v) is 4.21. The van der Waals surface area contributed by atoms with E-state index < -0.39 is 11.1 Å². The number of aromatic amines is 1. The third-order valence-corrected chi connectivity index (χ3v) is 5.66. The molecule has 30 heavy (non-hydrogen) atoms. The Labute approximate surface area is 182 Å². The number of nitrogens with one attached hydrogen (secondary N) is 2. The zero-order valence-corrected chi connectivity index (χ0v) is 17.6. The van der Waals surface area contributed by atoms with E-state index in [0.29, 0.717) is 39.1 Å². The van der Waals surface area contributed by atoms with Crippen LogP contribution in [0.15, 0.2) is 59.6 Å². The van der Waals surface area contributed by atoms with Crippen LogP contribution >= 0.6 is 23.4 Å². The molecule has 0 aliphatic carbocycles. The van der Waals surface area contributed by atoms with Crippen molar-refractivity contribution in [3.05, 3.63) is 75.8 Å². The quantitative estimate of drug-likeness (QED) is 0.511. The van der Waals surface area contributed by atoms with Crippen LogP contribution in [-0.4, -0.2) is 28.0 Å². The molecule has 1 aliphatic rings. The predicted molar refractivity (Wildman–Crippen MR) is 118 cm³/mol. The van der Waals surface area contributed by atoms with E-state index >= 15 is 0 Å². The summed E-state index contributed by atoms with van der Waals surface area (Å²) in [5.41, 5.74) is 3.53. The van der Waals surface area contributed by atoms with Crippen molar-refractivity contribution in [2.24, 2.45) is 0 Å². The van der Waals surface area contributed by atoms with Gasteiger partial charge in [0, 0.05) is 22.9 Å². The number of ether oxygens (including phenoxy) is 1. The maximum absolute atomic E-state index is 12.5. The molecule has 1 aromatic heterocycles. The number of H-pyrrole nitrogens is 1. The van der Waals surface area contributed by atoms with E-state index in [-0.39, 0.29) is 0 Å². The minimum atomic E-state index is -0.419. The summed E-state index contributed by atoms with van der Waals surface area (Å²) in [7, 11) is 0. The Morgan fingerprint density at radius 1 is 1.17 bits per heavy atom. The summed E-state index contributed by atoms with van der Waals surface area (Å²) in [6, 6.07) is 14.9. The predicted octanol–water partition coefficient (Wildman–Crippen LogP) is 5.26. The molecule has 0 atom stereocenters. The molecule has 4 rings (SSSR count). The highest BCUT2D eigenvalue weighted by atomic mass is 35.5. The van der Waals surface area contributed by atoms with Crippen LogP contribution in [0.4, 0.5) is 4.79 Å². The monoisotopic (exact) mass is 439 g/mol. The van der Waals surface area contributed by atoms with Crippen molar-refractivity contribution in [3.8, 4) is 17.0 Å². The molecule has 8 heteroatoms. The van der Waals surface area contributed by atoms with Crippen molar-refractivity contribution in [2.75, 3.05) is 6.61 Å². The second-order valence-electron chi connectivity index (χ2n) is 6.55. The molecule has 0 spiro atoms. The van der Waals surface area contributed by atoms with Gasteiger partial charge in [0.15, 0.2) is 0 Å². The summed E-state index contributed by atoms with van der Waals surface area (Å²) in [4.78, 5) is 24.6. The van der Waals surface area contributed by atoms with E-state index in [1.807, 2.05) is 49.4 Å². The van der Waals surface area contributed by atoms with Crippen LogP contribution in [0, 0.1) is 0 Å². The third-order valence-electron chi connectivity index (χ3n) is 4.48. The standard InChI is InChI=1S/C22H18ClN3O3S/c1-2-10-29-17-9-8-14(11-16(17)23)19-15(12-24-26-19)18(13-6-4-3-5-7-13)20-21(27)25-22(28)30-20/h3-9,11-12H,2,10H2,1H3,(H,24,26)(H,25,27,28). The maximum atomic E-state index is 12.5. The Kier molecular flexibility index (Phi) is 5.92. The Morgan fingerprint density at radius 2 is 1.97 bits per heavy atom. The lowest BCUT2D eigenvalue weighted by atomic mass is 9.95. The second-order valence-corrected chi connectivity index (χ2v) is 7.95. The van der Waals surface area contributed by atoms with Gasteiger partial charge in [0.1, 0.15) is 5.75 Å². The van der Waals surface area contributed by atoms with Crippen LogP contribution in [0.25, 0.3) is 16.8 Å². The Morgan fingerprint density at radius 3 is 2.63 bits per heavy atom. The first-order chi connectivity index (χ1) is 14.6. The number of carbonyl (C=O) groups excluding carboxylic acids is 2. The van der Waals surface area contributed by atoms with E-state index in [4.69, 9.17) is 16.3 Å². The Balaban J connectivity index is 1.84. The number of halogens is 1. The normalized spacial score (nSPS) is 15.3. The topological polar surface area (TPSA) is 84.1 Å². The van der Waals surface area contributed by atoms with Gasteiger partial charge >= 0.3 is 0 Å². The highest BCUT2D eigenvalue weighted by Gasteiger charge is 2.31. The number of benzene rings is 2. The number of carbonyl (C=O) groups is 2. The first-order valence-corrected chi connectivity index (χ1v) is 10.6. The molecule has 0 unspecified atom stereocenters. The van der Waals surface area contributed by atoms with Gasteiger partial charge in [-0.3, -0.25) is 20.0 Å². The Bertz CT molecular complexity index is 1140. The highest BCUT2D eigenvalue weighted by Crippen LogP contribution is 2.40. The number of rotatable bonds is 6. The van der Waals surface area contributed by atoms with Gasteiger partial charge in [0.25, 0.3) is 11.1 Å². The summed E-state index contributed by atoms with van der Waals surface area (Å²) >= 11 is 7.30. The largest absolute Gasteiger partial charge is 0.492 e. The van der Waals surface area contributed by atoms with Gasteiger partial charge in [-0.15, -0.1) is 0 Å². The van der Waals surface area contributed by atoms with Crippen molar-refractivity contribution < 1.29 is 14.3 Å². The van der Waals surface area contributed by atoms with Gasteiger partial charge in [0.05, 0.1) is 22.2 Å². The summed E-state index contributed by atoms with van der Waals surface area (Å²) in [5, 5.41) is 9.69. The average Bonchev–Trinajstić information content (AvgIpc) is 3.35. The summed E-state index contributed by atoms with van der Waals surface area (Å²) < 4.78 is 5.65. The molecular formula is C22H18ClN3O3S. The van der Waals surface area contributed by atoms with Gasteiger partial charge in [0.2, 0.25) is 0 Å². The number of hydrogen-bond donors (Lipinski definition) is 2. The molecule has 6 nitrogen and oxygen atoms in total. The molecule has 1 aliphatic heterocycles. The van der Waals surface area contributed by atoms with Gasteiger partial charge in [-0.05, 0) is 41.9 Å². The molecule has 0 bridgehead atoms. The van der Waals surface area contributed by atoms with Gasteiger partial charge in [-0.1, -0.05) is 48.9 Å². The smallest absolute Gasteiger partial charge is 0.290 e. The van der Waals surface area contributed by atoms with Crippen LogP contribution < -0.4 is 10.1 Å². The molecule has 0 radical (unpaired) electrons. The van der Waals surface area contributed by atoms with Crippen molar-refractivity contribution in [3.63, 3.8) is 0 Å². The third kappa shape index (κ3) is 3.99. The molecule has 1 saturated heterocycles. The lowest BCUT2D eigenvalue weighted by Crippen LogP contribution is -2.18. The molecule has 2 amide bonds. The minimum Gasteiger partial charge on any atom is -0.492 e. The number of hydrogen-bond acceptors (Lipinski definition) is 5. The van der Waals surface area contributed by atoms with Crippen LogP contribution in [0.2, 0.25) is 5.02 Å². The molecule has 0 saturated carbocycles. The fraction of sp³-hybridized carbons (Fsp3) is 0.136. The molecule has 2 aromatic carbocycles. The minimum absolute atomic E-state index is 0.336. The number of aromatic nitrogens is 2. The van der Waals surface area contributed by atoms with Gasteiger partial charge in [-0.2, -0.15) is 5.10 Å². The SMILES string of the molecule is CCCOc1ccc(-c2n[nH]cc2C(=C2SC(=O)NC2=O)c2ccccc2)cc1Cl. The maximum Gasteiger partial charge on any atom is 0.290 e. The molecule has 152 valence electrons. The second kappa shape index (κ2) is 8.77. The lowest BCUT2D eigenvalue weighted by Gasteiger charge is -2.12. The fourth-order valence-electron chi connectivity index (χ4n) is 3.17. The van der Waals surface area contributed by atoms with E-state index in [0.717, 1.165) is 29.3 Å². The summed E-state index contributed by atoms with van der Waals surface area (Å²) in [6.07, 6.45) is 2.60. The first-order valence-electron chi connectivity index (χ1n) is 9.38. The van der Waals surface area contributed by atoms with Crippen LogP contribution in [0.1, 0.15) is 24.5 Å². The molecule has 3 aromatic rings. The molecule has 2 heterocycles. The van der Waals surface area contributed by atoms with Crippen LogP contribution in [-0.2, 0) is 4.79 Å². The van der Waals surface area contributed by atoms with E-state index in [9.17, 15) is 9.59 Å². The zero-order chi connectivity index (χ0) is 21.1. The molecule has 1 fully saturated rings. The van der Waals surface area contributed by atoms with Crippen molar-refractivity contribution in [1.29, 1.82) is 0 Å². The van der Waals surface area contributed by atoms with E-state index in [1.165, 1.54) is 0 Å². The van der Waals surface area contributed by atoms with Crippen molar-refractivity contribution in [1.82, 2.24) is 15.5 Å². The zero-order valence-electron chi connectivity index (χ0n) is 16.1. The number of nitrogens with zero attached hydrogens (tertiary/aromatic N) is 1. The van der Waals surface area contributed by atoms with Crippen LogP contribution in [0.5, 0.6) is 5.75 Å². The summed E-state index contributed by atoms with van der Waals surface area (Å²) in [5.74, 6) is 0.190. The highest BCUT2D eigenvalue weighted by molar-refractivity contribution is 8.18. The lowest BCUT2D eigenvalue weighted by molar-refractivity contribution is -0.115. The van der Waals surface area contributed by atoms with Crippen molar-refractivity contribution in [2.45, 2.75) is 13.3 Å². The van der Waals surface area contributed by atoms with Crippen molar-refractivity contribution >= 4 is 40.1 Å². The Hall–Kier alpha value is -3.03. The van der Waals surface area contributed by atoms with Gasteiger partial charge < -0.3 is 4.74 Å².